The molecule has 0 radical (unpaired) electrons. The van der Waals surface area contributed by atoms with Crippen molar-refractivity contribution in [1.29, 1.82) is 0 Å². The molecule has 21 heavy (non-hydrogen) atoms. The molecule has 1 aliphatic heterocycles. The van der Waals surface area contributed by atoms with Gasteiger partial charge in [0.15, 0.2) is 6.17 Å². The normalized spacial score (nSPS) is 16.2. The lowest BCUT2D eigenvalue weighted by Crippen LogP contribution is -2.26. The van der Waals surface area contributed by atoms with Crippen LogP contribution in [-0.2, 0) is 0 Å². The molecule has 2 aromatic heterocycles. The van der Waals surface area contributed by atoms with Gasteiger partial charge in [0, 0.05) is 11.3 Å². The molecule has 1 aliphatic rings. The van der Waals surface area contributed by atoms with Crippen molar-refractivity contribution in [1.82, 2.24) is 9.78 Å². The van der Waals surface area contributed by atoms with Crippen molar-refractivity contribution in [3.8, 4) is 11.3 Å². The molecule has 0 bridgehead atoms. The third-order valence-corrected chi connectivity index (χ3v) is 5.15. The topological polar surface area (TPSA) is 29.9 Å². The van der Waals surface area contributed by atoms with Crippen LogP contribution in [0, 0.1) is 20.8 Å². The fourth-order valence-corrected chi connectivity index (χ4v) is 3.99. The van der Waals surface area contributed by atoms with E-state index in [1.165, 1.54) is 32.9 Å². The Labute approximate surface area is 128 Å². The lowest BCUT2D eigenvalue weighted by Gasteiger charge is -2.30. The number of nitrogens with zero attached hydrogens (tertiary/aromatic N) is 2. The predicted molar refractivity (Wildman–Crippen MR) is 88.0 cm³/mol. The molecule has 1 aromatic carbocycles. The Kier molecular flexibility index (Phi) is 2.69. The van der Waals surface area contributed by atoms with Gasteiger partial charge in [0.05, 0.1) is 16.3 Å². The SMILES string of the molecule is Cc1cc2n(n1)[C@H](c1sccc1C)Nc1c(C)cccc1-2. The summed E-state index contributed by atoms with van der Waals surface area (Å²) in [5, 5.41) is 10.6. The van der Waals surface area contributed by atoms with Crippen molar-refractivity contribution >= 4 is 17.0 Å². The van der Waals surface area contributed by atoms with Gasteiger partial charge in [-0.2, -0.15) is 5.10 Å². The number of anilines is 1. The van der Waals surface area contributed by atoms with Gasteiger partial charge < -0.3 is 5.32 Å². The quantitative estimate of drug-likeness (QED) is 0.716. The van der Waals surface area contributed by atoms with E-state index in [4.69, 9.17) is 5.10 Å². The first-order valence-corrected chi connectivity index (χ1v) is 8.00. The summed E-state index contributed by atoms with van der Waals surface area (Å²) in [4.78, 5) is 1.33. The molecule has 0 fully saturated rings. The maximum atomic E-state index is 4.72. The van der Waals surface area contributed by atoms with Crippen molar-refractivity contribution in [2.45, 2.75) is 26.9 Å². The van der Waals surface area contributed by atoms with Crippen molar-refractivity contribution < 1.29 is 0 Å². The number of fused-ring (bicyclic) bond motifs is 3. The minimum atomic E-state index is 0.0855. The first-order valence-electron chi connectivity index (χ1n) is 7.12. The third kappa shape index (κ3) is 1.83. The highest BCUT2D eigenvalue weighted by molar-refractivity contribution is 7.10. The van der Waals surface area contributed by atoms with Crippen molar-refractivity contribution in [3.63, 3.8) is 0 Å². The van der Waals surface area contributed by atoms with Crippen LogP contribution < -0.4 is 5.32 Å². The number of hydrogen-bond acceptors (Lipinski definition) is 3. The summed E-state index contributed by atoms with van der Waals surface area (Å²) >= 11 is 1.79. The number of aryl methyl sites for hydroxylation is 3. The van der Waals surface area contributed by atoms with Crippen LogP contribution in [0.5, 0.6) is 0 Å². The number of benzene rings is 1. The highest BCUT2D eigenvalue weighted by atomic mass is 32.1. The van der Waals surface area contributed by atoms with Gasteiger partial charge in [-0.05, 0) is 49.4 Å². The standard InChI is InChI=1S/C17H17N3S/c1-10-5-4-6-13-14-9-12(3)19-20(14)17(18-15(10)13)16-11(2)7-8-21-16/h4-9,17-18H,1-3H3/t17-/m1/s1. The van der Waals surface area contributed by atoms with Gasteiger partial charge in [0.25, 0.3) is 0 Å². The van der Waals surface area contributed by atoms with Gasteiger partial charge in [0.2, 0.25) is 0 Å². The van der Waals surface area contributed by atoms with E-state index < -0.39 is 0 Å². The Hall–Kier alpha value is -2.07. The van der Waals surface area contributed by atoms with Crippen LogP contribution in [-0.4, -0.2) is 9.78 Å². The Bertz CT molecular complexity index is 828. The second-order valence-corrected chi connectivity index (χ2v) is 6.58. The molecular weight excluding hydrogens is 278 g/mol. The van der Waals surface area contributed by atoms with E-state index in [0.29, 0.717) is 0 Å². The second kappa shape index (κ2) is 4.46. The molecule has 0 amide bonds. The van der Waals surface area contributed by atoms with E-state index in [1.807, 2.05) is 0 Å². The second-order valence-electron chi connectivity index (χ2n) is 5.63. The lowest BCUT2D eigenvalue weighted by molar-refractivity contribution is 0.576. The summed E-state index contributed by atoms with van der Waals surface area (Å²) in [6.45, 7) is 6.37. The van der Waals surface area contributed by atoms with Gasteiger partial charge in [-0.3, -0.25) is 0 Å². The number of para-hydroxylation sites is 1. The molecule has 106 valence electrons. The van der Waals surface area contributed by atoms with E-state index in [2.05, 4.69) is 66.5 Å². The molecule has 1 atom stereocenters. The summed E-state index contributed by atoms with van der Waals surface area (Å²) in [5.41, 5.74) is 7.30. The molecule has 0 spiro atoms. The summed E-state index contributed by atoms with van der Waals surface area (Å²) in [7, 11) is 0. The van der Waals surface area contributed by atoms with Crippen LogP contribution in [0.25, 0.3) is 11.3 Å². The maximum Gasteiger partial charge on any atom is 0.156 e. The van der Waals surface area contributed by atoms with Gasteiger partial charge in [-0.25, -0.2) is 4.68 Å². The molecule has 0 unspecified atom stereocenters. The molecule has 3 nitrogen and oxygen atoms in total. The molecule has 0 aliphatic carbocycles. The minimum absolute atomic E-state index is 0.0855. The average molecular weight is 295 g/mol. The van der Waals surface area contributed by atoms with Crippen molar-refractivity contribution in [2.24, 2.45) is 0 Å². The molecule has 1 N–H and O–H groups in total. The van der Waals surface area contributed by atoms with E-state index in [1.54, 1.807) is 11.3 Å². The summed E-state index contributed by atoms with van der Waals surface area (Å²) in [5.74, 6) is 0. The monoisotopic (exact) mass is 295 g/mol. The highest BCUT2D eigenvalue weighted by Crippen LogP contribution is 2.41. The fourth-order valence-electron chi connectivity index (χ4n) is 3.03. The number of rotatable bonds is 1. The third-order valence-electron chi connectivity index (χ3n) is 4.08. The largest absolute Gasteiger partial charge is 0.359 e. The fraction of sp³-hybridized carbons (Fsp3) is 0.235. The molecular formula is C17H17N3S. The zero-order valence-corrected chi connectivity index (χ0v) is 13.2. The van der Waals surface area contributed by atoms with Gasteiger partial charge >= 0.3 is 0 Å². The van der Waals surface area contributed by atoms with Crippen molar-refractivity contribution in [2.75, 3.05) is 5.32 Å². The predicted octanol–water partition coefficient (Wildman–Crippen LogP) is 4.51. The van der Waals surface area contributed by atoms with E-state index >= 15 is 0 Å². The van der Waals surface area contributed by atoms with Crippen LogP contribution >= 0.6 is 11.3 Å². The molecule has 0 saturated heterocycles. The first kappa shape index (κ1) is 12.7. The Morgan fingerprint density at radius 3 is 2.76 bits per heavy atom. The Morgan fingerprint density at radius 1 is 1.14 bits per heavy atom. The highest BCUT2D eigenvalue weighted by Gasteiger charge is 2.28. The zero-order valence-electron chi connectivity index (χ0n) is 12.3. The minimum Gasteiger partial charge on any atom is -0.359 e. The van der Waals surface area contributed by atoms with Gasteiger partial charge in [0.1, 0.15) is 0 Å². The van der Waals surface area contributed by atoms with Crippen molar-refractivity contribution in [3.05, 3.63) is 57.4 Å². The summed E-state index contributed by atoms with van der Waals surface area (Å²) in [6.07, 6.45) is 0.0855. The molecule has 3 aromatic rings. The number of nitrogens with one attached hydrogen (secondary N) is 1. The Morgan fingerprint density at radius 2 is 2.00 bits per heavy atom. The van der Waals surface area contributed by atoms with Crippen LogP contribution in [0.15, 0.2) is 35.7 Å². The number of hydrogen-bond donors (Lipinski definition) is 1. The lowest BCUT2D eigenvalue weighted by atomic mass is 10.0. The Balaban J connectivity index is 1.97. The van der Waals surface area contributed by atoms with E-state index in [0.717, 1.165) is 5.69 Å². The number of thiophene rings is 1. The number of aromatic nitrogens is 2. The average Bonchev–Trinajstić information content (AvgIpc) is 3.04. The maximum absolute atomic E-state index is 4.72. The van der Waals surface area contributed by atoms with Crippen LogP contribution in [0.1, 0.15) is 27.9 Å². The first-order chi connectivity index (χ1) is 10.1. The molecule has 4 heteroatoms. The van der Waals surface area contributed by atoms with E-state index in [9.17, 15) is 0 Å². The van der Waals surface area contributed by atoms with Crippen LogP contribution in [0.4, 0.5) is 5.69 Å². The molecule has 0 saturated carbocycles. The van der Waals surface area contributed by atoms with E-state index in [-0.39, 0.29) is 6.17 Å². The summed E-state index contributed by atoms with van der Waals surface area (Å²) < 4.78 is 2.12. The molecule has 4 rings (SSSR count). The van der Waals surface area contributed by atoms with Gasteiger partial charge in [-0.1, -0.05) is 18.2 Å². The van der Waals surface area contributed by atoms with Gasteiger partial charge in [-0.15, -0.1) is 11.3 Å². The van der Waals surface area contributed by atoms with Crippen LogP contribution in [0.3, 0.4) is 0 Å². The molecule has 3 heterocycles. The van der Waals surface area contributed by atoms with Crippen LogP contribution in [0.2, 0.25) is 0 Å². The smallest absolute Gasteiger partial charge is 0.156 e. The summed E-state index contributed by atoms with van der Waals surface area (Å²) in [6, 6.07) is 10.8. The zero-order chi connectivity index (χ0) is 14.6.